The maximum atomic E-state index is 12.4. The average Bonchev–Trinajstić information content (AvgIpc) is 3.35. The quantitative estimate of drug-likeness (QED) is 0.452. The summed E-state index contributed by atoms with van der Waals surface area (Å²) in [6.45, 7) is 3.31. The number of aromatic nitrogens is 2. The number of H-pyrrole nitrogens is 1. The standard InChI is InChI=1S/C26H26N4O2/c31-25-22-11-10-21(30-14-4-5-15-30)16-23(22)24(26(32)28-25)17-27-20-8-6-19(7-9-20)18-29-12-2-1-3-13-29/h4-11,14-17H,1-3,12-13,18H2,(H2,28,31,32). The monoisotopic (exact) mass is 426 g/mol. The average molecular weight is 427 g/mol. The Morgan fingerprint density at radius 1 is 0.969 bits per heavy atom. The predicted molar refractivity (Wildman–Crippen MR) is 128 cm³/mol. The van der Waals surface area contributed by atoms with Crippen molar-refractivity contribution in [1.29, 1.82) is 0 Å². The summed E-state index contributed by atoms with van der Waals surface area (Å²) in [5, 5.41) is 11.6. The van der Waals surface area contributed by atoms with E-state index in [0.29, 0.717) is 16.3 Å². The highest BCUT2D eigenvalue weighted by atomic mass is 16.3. The maximum absolute atomic E-state index is 12.4. The number of nitrogens with zero attached hydrogens (tertiary/aromatic N) is 3. The van der Waals surface area contributed by atoms with Crippen LogP contribution in [0.1, 0.15) is 30.4 Å². The minimum atomic E-state index is -0.323. The van der Waals surface area contributed by atoms with Crippen molar-refractivity contribution in [2.75, 3.05) is 13.1 Å². The molecule has 1 saturated heterocycles. The van der Waals surface area contributed by atoms with Crippen molar-refractivity contribution in [3.8, 4) is 11.6 Å². The molecule has 3 heterocycles. The lowest BCUT2D eigenvalue weighted by molar-refractivity contribution is 0.221. The molecule has 5 rings (SSSR count). The number of fused-ring (bicyclic) bond motifs is 1. The van der Waals surface area contributed by atoms with Crippen LogP contribution in [0.15, 0.2) is 76.8 Å². The predicted octanol–water partition coefficient (Wildman–Crippen LogP) is 4.76. The number of aromatic hydroxyl groups is 1. The number of rotatable bonds is 5. The number of hydrogen-bond donors (Lipinski definition) is 2. The zero-order chi connectivity index (χ0) is 21.9. The lowest BCUT2D eigenvalue weighted by Gasteiger charge is -2.26. The number of aliphatic imine (C=N–C) groups is 1. The van der Waals surface area contributed by atoms with Gasteiger partial charge in [0.1, 0.15) is 0 Å². The highest BCUT2D eigenvalue weighted by molar-refractivity contribution is 6.02. The molecule has 0 amide bonds. The molecule has 0 saturated carbocycles. The second kappa shape index (κ2) is 8.85. The summed E-state index contributed by atoms with van der Waals surface area (Å²) in [4.78, 5) is 21.9. The van der Waals surface area contributed by atoms with Crippen molar-refractivity contribution >= 4 is 22.7 Å². The molecule has 0 aliphatic carbocycles. The summed E-state index contributed by atoms with van der Waals surface area (Å²) >= 11 is 0. The first kappa shape index (κ1) is 20.3. The minimum absolute atomic E-state index is 0.183. The van der Waals surface area contributed by atoms with Gasteiger partial charge in [-0.25, -0.2) is 0 Å². The van der Waals surface area contributed by atoms with Gasteiger partial charge in [-0.1, -0.05) is 18.6 Å². The van der Waals surface area contributed by atoms with Crippen LogP contribution in [-0.4, -0.2) is 38.9 Å². The molecule has 4 aromatic rings. The van der Waals surface area contributed by atoms with Gasteiger partial charge in [0.25, 0.3) is 5.56 Å². The molecule has 6 nitrogen and oxygen atoms in total. The van der Waals surface area contributed by atoms with Gasteiger partial charge in [-0.15, -0.1) is 0 Å². The molecule has 6 heteroatoms. The van der Waals surface area contributed by atoms with Gasteiger partial charge in [0.05, 0.1) is 11.3 Å². The molecule has 162 valence electrons. The first-order valence-electron chi connectivity index (χ1n) is 11.0. The van der Waals surface area contributed by atoms with Crippen LogP contribution in [0.25, 0.3) is 16.5 Å². The molecular formula is C26H26N4O2. The first-order chi connectivity index (χ1) is 15.7. The molecule has 32 heavy (non-hydrogen) atoms. The topological polar surface area (TPSA) is 73.6 Å². The molecule has 2 aromatic heterocycles. The van der Waals surface area contributed by atoms with Crippen LogP contribution in [-0.2, 0) is 6.54 Å². The molecule has 0 spiro atoms. The van der Waals surface area contributed by atoms with Gasteiger partial charge in [-0.05, 0) is 74.0 Å². The van der Waals surface area contributed by atoms with Crippen molar-refractivity contribution in [2.45, 2.75) is 25.8 Å². The molecule has 0 bridgehead atoms. The lowest BCUT2D eigenvalue weighted by Crippen LogP contribution is -2.28. The number of piperidine rings is 1. The van der Waals surface area contributed by atoms with E-state index in [1.807, 2.05) is 53.4 Å². The Balaban J connectivity index is 1.44. The Morgan fingerprint density at radius 2 is 1.72 bits per heavy atom. The number of aromatic amines is 1. The van der Waals surface area contributed by atoms with Crippen LogP contribution in [0, 0.1) is 0 Å². The molecule has 1 aliphatic rings. The molecule has 2 N–H and O–H groups in total. The third-order valence-corrected chi connectivity index (χ3v) is 6.06. The van der Waals surface area contributed by atoms with Crippen LogP contribution in [0.2, 0.25) is 0 Å². The molecule has 1 aliphatic heterocycles. The third kappa shape index (κ3) is 4.22. The van der Waals surface area contributed by atoms with Gasteiger partial charge in [-0.2, -0.15) is 0 Å². The molecule has 0 radical (unpaired) electrons. The van der Waals surface area contributed by atoms with E-state index in [2.05, 4.69) is 27.0 Å². The number of hydrogen-bond acceptors (Lipinski definition) is 4. The van der Waals surface area contributed by atoms with Gasteiger partial charge in [0, 0.05) is 41.6 Å². The van der Waals surface area contributed by atoms with E-state index in [0.717, 1.165) is 17.9 Å². The Labute approximate surface area is 186 Å². The van der Waals surface area contributed by atoms with Gasteiger partial charge in [0.15, 0.2) is 0 Å². The summed E-state index contributed by atoms with van der Waals surface area (Å²) in [5.74, 6) is -0.183. The molecule has 1 fully saturated rings. The Morgan fingerprint density at radius 3 is 2.47 bits per heavy atom. The van der Waals surface area contributed by atoms with E-state index < -0.39 is 0 Å². The fourth-order valence-corrected chi connectivity index (χ4v) is 4.32. The molecule has 0 atom stereocenters. The van der Waals surface area contributed by atoms with Crippen LogP contribution in [0.5, 0.6) is 5.88 Å². The summed E-state index contributed by atoms with van der Waals surface area (Å²) in [7, 11) is 0. The summed E-state index contributed by atoms with van der Waals surface area (Å²) in [6, 6.07) is 17.6. The van der Waals surface area contributed by atoms with Gasteiger partial charge in [-0.3, -0.25) is 19.7 Å². The smallest absolute Gasteiger partial charge is 0.258 e. The third-order valence-electron chi connectivity index (χ3n) is 6.06. The van der Waals surface area contributed by atoms with Crippen molar-refractivity contribution in [3.05, 3.63) is 88.5 Å². The van der Waals surface area contributed by atoms with Crippen LogP contribution in [0.4, 0.5) is 5.69 Å². The highest BCUT2D eigenvalue weighted by Gasteiger charge is 2.12. The van der Waals surface area contributed by atoms with Crippen molar-refractivity contribution in [1.82, 2.24) is 14.5 Å². The molecular weight excluding hydrogens is 400 g/mol. The molecule has 0 unspecified atom stereocenters. The SMILES string of the molecule is O=c1[nH]c(O)c(C=Nc2ccc(CN3CCCCC3)cc2)c2cc(-n3cccc3)ccc12. The van der Waals surface area contributed by atoms with Crippen LogP contribution >= 0.6 is 0 Å². The number of pyridine rings is 1. The number of likely N-dealkylation sites (tertiary alicyclic amines) is 1. The highest BCUT2D eigenvalue weighted by Crippen LogP contribution is 2.25. The number of benzene rings is 2. The first-order valence-corrected chi connectivity index (χ1v) is 11.0. The normalized spacial score (nSPS) is 15.0. The fourth-order valence-electron chi connectivity index (χ4n) is 4.32. The van der Waals surface area contributed by atoms with Crippen molar-refractivity contribution in [3.63, 3.8) is 0 Å². The molecule has 2 aromatic carbocycles. The van der Waals surface area contributed by atoms with E-state index in [1.54, 1.807) is 12.3 Å². The Hall–Kier alpha value is -3.64. The van der Waals surface area contributed by atoms with E-state index in [9.17, 15) is 9.90 Å². The van der Waals surface area contributed by atoms with Crippen molar-refractivity contribution in [2.24, 2.45) is 4.99 Å². The summed E-state index contributed by atoms with van der Waals surface area (Å²) < 4.78 is 1.96. The minimum Gasteiger partial charge on any atom is -0.494 e. The van der Waals surface area contributed by atoms with E-state index in [-0.39, 0.29) is 11.4 Å². The maximum Gasteiger partial charge on any atom is 0.258 e. The van der Waals surface area contributed by atoms with Crippen molar-refractivity contribution < 1.29 is 5.11 Å². The number of nitrogens with one attached hydrogen (secondary N) is 1. The van der Waals surface area contributed by atoms with Gasteiger partial charge in [0.2, 0.25) is 5.88 Å². The van der Waals surface area contributed by atoms with Crippen LogP contribution in [0.3, 0.4) is 0 Å². The fraction of sp³-hybridized carbons (Fsp3) is 0.231. The second-order valence-electron chi connectivity index (χ2n) is 8.30. The lowest BCUT2D eigenvalue weighted by atomic mass is 10.1. The Bertz CT molecular complexity index is 1300. The zero-order valence-corrected chi connectivity index (χ0v) is 17.9. The second-order valence-corrected chi connectivity index (χ2v) is 8.30. The van der Waals surface area contributed by atoms with Gasteiger partial charge >= 0.3 is 0 Å². The Kier molecular flexibility index (Phi) is 5.60. The van der Waals surface area contributed by atoms with Crippen LogP contribution < -0.4 is 5.56 Å². The van der Waals surface area contributed by atoms with E-state index >= 15 is 0 Å². The summed E-state index contributed by atoms with van der Waals surface area (Å²) in [5.41, 5.74) is 3.15. The summed E-state index contributed by atoms with van der Waals surface area (Å²) in [6.07, 6.45) is 9.40. The van der Waals surface area contributed by atoms with Gasteiger partial charge < -0.3 is 9.67 Å². The largest absolute Gasteiger partial charge is 0.494 e. The van der Waals surface area contributed by atoms with E-state index in [1.165, 1.54) is 37.9 Å². The van der Waals surface area contributed by atoms with E-state index in [4.69, 9.17) is 0 Å². The zero-order valence-electron chi connectivity index (χ0n) is 17.9.